The Kier molecular flexibility index (Phi) is 3.96. The molecule has 1 atom stereocenters. The molecule has 3 nitrogen and oxygen atoms in total. The number of hydrogen-bond acceptors (Lipinski definition) is 3. The Bertz CT molecular complexity index is 660. The molecular weight excluding hydrogens is 282 g/mol. The van der Waals surface area contributed by atoms with Gasteiger partial charge < -0.3 is 15.1 Å². The van der Waals surface area contributed by atoms with Crippen LogP contribution < -0.4 is 15.1 Å². The van der Waals surface area contributed by atoms with Gasteiger partial charge in [-0.05, 0) is 35.2 Å². The molecule has 0 spiro atoms. The van der Waals surface area contributed by atoms with E-state index in [9.17, 15) is 0 Å². The maximum atomic E-state index is 3.52. The van der Waals surface area contributed by atoms with E-state index in [-0.39, 0.29) is 0 Å². The number of piperazine rings is 1. The van der Waals surface area contributed by atoms with Crippen molar-refractivity contribution in [1.82, 2.24) is 5.32 Å². The van der Waals surface area contributed by atoms with Crippen LogP contribution in [0.15, 0.2) is 48.5 Å². The molecule has 2 aliphatic rings. The van der Waals surface area contributed by atoms with Crippen molar-refractivity contribution >= 4 is 11.4 Å². The van der Waals surface area contributed by atoms with E-state index in [1.54, 1.807) is 5.56 Å². The van der Waals surface area contributed by atoms with Gasteiger partial charge in [0.05, 0.1) is 0 Å². The molecule has 2 heterocycles. The molecule has 1 fully saturated rings. The highest BCUT2D eigenvalue weighted by Gasteiger charge is 2.24. The number of rotatable bonds is 2. The Morgan fingerprint density at radius 2 is 1.61 bits per heavy atom. The van der Waals surface area contributed by atoms with E-state index in [1.807, 2.05) is 0 Å². The number of anilines is 2. The normalized spacial score (nSPS) is 21.2. The van der Waals surface area contributed by atoms with Crippen LogP contribution in [0.25, 0.3) is 0 Å². The van der Waals surface area contributed by atoms with E-state index in [0.29, 0.717) is 5.92 Å². The van der Waals surface area contributed by atoms with Crippen molar-refractivity contribution in [1.29, 1.82) is 0 Å². The largest absolute Gasteiger partial charge is 0.368 e. The zero-order chi connectivity index (χ0) is 15.6. The van der Waals surface area contributed by atoms with E-state index < -0.39 is 0 Å². The average molecular weight is 307 g/mol. The molecule has 1 unspecified atom stereocenters. The maximum absolute atomic E-state index is 3.52. The number of para-hydroxylation sites is 1. The summed E-state index contributed by atoms with van der Waals surface area (Å²) in [6.07, 6.45) is 0. The fourth-order valence-corrected chi connectivity index (χ4v) is 3.97. The standard InChI is InChI=1S/C20H25N3/c1-16-14-21-15-17-6-5-9-19(20(16)17)23-12-10-22(11-13-23)18-7-3-2-4-8-18/h2-9,16,21H,10-15H2,1H3. The quantitative estimate of drug-likeness (QED) is 0.919. The van der Waals surface area contributed by atoms with E-state index in [0.717, 1.165) is 39.3 Å². The zero-order valence-electron chi connectivity index (χ0n) is 13.8. The minimum Gasteiger partial charge on any atom is -0.368 e. The lowest BCUT2D eigenvalue weighted by Gasteiger charge is -2.39. The van der Waals surface area contributed by atoms with Crippen LogP contribution in [0, 0.1) is 0 Å². The number of nitrogens with zero attached hydrogens (tertiary/aromatic N) is 2. The molecule has 0 aliphatic carbocycles. The van der Waals surface area contributed by atoms with Gasteiger partial charge in [-0.1, -0.05) is 37.3 Å². The second-order valence-electron chi connectivity index (χ2n) is 6.69. The van der Waals surface area contributed by atoms with Crippen LogP contribution in [0.2, 0.25) is 0 Å². The molecule has 1 saturated heterocycles. The number of hydrogen-bond donors (Lipinski definition) is 1. The summed E-state index contributed by atoms with van der Waals surface area (Å²) in [6.45, 7) is 8.85. The molecule has 0 bridgehead atoms. The van der Waals surface area contributed by atoms with Crippen LogP contribution in [-0.4, -0.2) is 32.7 Å². The third-order valence-electron chi connectivity index (χ3n) is 5.17. The highest BCUT2D eigenvalue weighted by atomic mass is 15.3. The Balaban J connectivity index is 1.53. The van der Waals surface area contributed by atoms with E-state index in [4.69, 9.17) is 0 Å². The first kappa shape index (κ1) is 14.6. The molecule has 3 heteroatoms. The topological polar surface area (TPSA) is 18.5 Å². The number of fused-ring (bicyclic) bond motifs is 1. The van der Waals surface area contributed by atoms with Gasteiger partial charge in [0, 0.05) is 50.6 Å². The Morgan fingerprint density at radius 1 is 0.870 bits per heavy atom. The molecule has 1 N–H and O–H groups in total. The second kappa shape index (κ2) is 6.25. The van der Waals surface area contributed by atoms with E-state index in [1.165, 1.54) is 16.9 Å². The van der Waals surface area contributed by atoms with Gasteiger partial charge in [0.25, 0.3) is 0 Å². The first-order valence-corrected chi connectivity index (χ1v) is 8.70. The second-order valence-corrected chi connectivity index (χ2v) is 6.69. The van der Waals surface area contributed by atoms with Gasteiger partial charge in [0.15, 0.2) is 0 Å². The van der Waals surface area contributed by atoms with E-state index in [2.05, 4.69) is 70.6 Å². The monoisotopic (exact) mass is 307 g/mol. The van der Waals surface area contributed by atoms with Crippen molar-refractivity contribution in [2.45, 2.75) is 19.4 Å². The fraction of sp³-hybridized carbons (Fsp3) is 0.400. The number of benzene rings is 2. The van der Waals surface area contributed by atoms with Crippen LogP contribution in [0.4, 0.5) is 11.4 Å². The molecular formula is C20H25N3. The lowest BCUT2D eigenvalue weighted by molar-refractivity contribution is 0.565. The third kappa shape index (κ3) is 2.81. The molecule has 23 heavy (non-hydrogen) atoms. The summed E-state index contributed by atoms with van der Waals surface area (Å²) in [4.78, 5) is 5.08. The molecule has 0 amide bonds. The Labute approximate surface area is 138 Å². The lowest BCUT2D eigenvalue weighted by Crippen LogP contribution is -2.47. The summed E-state index contributed by atoms with van der Waals surface area (Å²) in [5.74, 6) is 0.599. The van der Waals surface area contributed by atoms with Crippen LogP contribution in [0.1, 0.15) is 24.0 Å². The van der Waals surface area contributed by atoms with Crippen LogP contribution >= 0.6 is 0 Å². The van der Waals surface area contributed by atoms with Gasteiger partial charge in [-0.3, -0.25) is 0 Å². The van der Waals surface area contributed by atoms with Crippen LogP contribution in [0.5, 0.6) is 0 Å². The molecule has 0 aromatic heterocycles. The number of nitrogens with one attached hydrogen (secondary N) is 1. The Morgan fingerprint density at radius 3 is 2.39 bits per heavy atom. The fourth-order valence-electron chi connectivity index (χ4n) is 3.97. The van der Waals surface area contributed by atoms with Crippen LogP contribution in [-0.2, 0) is 6.54 Å². The summed E-state index contributed by atoms with van der Waals surface area (Å²) >= 11 is 0. The average Bonchev–Trinajstić information content (AvgIpc) is 2.62. The SMILES string of the molecule is CC1CNCc2cccc(N3CCN(c4ccccc4)CC3)c21. The summed E-state index contributed by atoms with van der Waals surface area (Å²) in [5.41, 5.74) is 5.86. The summed E-state index contributed by atoms with van der Waals surface area (Å²) in [6, 6.07) is 17.6. The molecule has 2 aliphatic heterocycles. The first-order chi connectivity index (χ1) is 11.3. The lowest BCUT2D eigenvalue weighted by atomic mass is 9.90. The summed E-state index contributed by atoms with van der Waals surface area (Å²) < 4.78 is 0. The van der Waals surface area contributed by atoms with E-state index >= 15 is 0 Å². The molecule has 120 valence electrons. The van der Waals surface area contributed by atoms with Crippen molar-refractivity contribution in [3.8, 4) is 0 Å². The van der Waals surface area contributed by atoms with Gasteiger partial charge in [0.1, 0.15) is 0 Å². The molecule has 0 saturated carbocycles. The van der Waals surface area contributed by atoms with Gasteiger partial charge >= 0.3 is 0 Å². The van der Waals surface area contributed by atoms with Crippen molar-refractivity contribution < 1.29 is 0 Å². The molecule has 2 aromatic rings. The minimum atomic E-state index is 0.599. The molecule has 0 radical (unpaired) electrons. The van der Waals surface area contributed by atoms with Gasteiger partial charge in [-0.25, -0.2) is 0 Å². The zero-order valence-corrected chi connectivity index (χ0v) is 13.8. The van der Waals surface area contributed by atoms with Crippen molar-refractivity contribution in [3.63, 3.8) is 0 Å². The highest BCUT2D eigenvalue weighted by molar-refractivity contribution is 5.60. The highest BCUT2D eigenvalue weighted by Crippen LogP contribution is 2.34. The molecule has 4 rings (SSSR count). The van der Waals surface area contributed by atoms with Gasteiger partial charge in [-0.15, -0.1) is 0 Å². The summed E-state index contributed by atoms with van der Waals surface area (Å²) in [5, 5.41) is 3.52. The predicted octanol–water partition coefficient (Wildman–Crippen LogP) is 3.22. The Hall–Kier alpha value is -2.00. The summed E-state index contributed by atoms with van der Waals surface area (Å²) in [7, 11) is 0. The first-order valence-electron chi connectivity index (χ1n) is 8.70. The predicted molar refractivity (Wildman–Crippen MR) is 97.4 cm³/mol. The smallest absolute Gasteiger partial charge is 0.0406 e. The van der Waals surface area contributed by atoms with Crippen molar-refractivity contribution in [2.24, 2.45) is 0 Å². The van der Waals surface area contributed by atoms with Crippen molar-refractivity contribution in [2.75, 3.05) is 42.5 Å². The minimum absolute atomic E-state index is 0.599. The third-order valence-corrected chi connectivity index (χ3v) is 5.17. The maximum Gasteiger partial charge on any atom is 0.0406 e. The van der Waals surface area contributed by atoms with Gasteiger partial charge in [0.2, 0.25) is 0 Å². The molecule has 2 aromatic carbocycles. The van der Waals surface area contributed by atoms with Gasteiger partial charge in [-0.2, -0.15) is 0 Å². The van der Waals surface area contributed by atoms with Crippen LogP contribution in [0.3, 0.4) is 0 Å². The van der Waals surface area contributed by atoms with Crippen molar-refractivity contribution in [3.05, 3.63) is 59.7 Å².